The number of allylic oxidation sites excluding steroid dienone is 3. The number of halogens is 3. The summed E-state index contributed by atoms with van der Waals surface area (Å²) in [5.41, 5.74) is 0.448. The standard InChI is InChI=1S/C17H13F3O4/c1-9-15(16(21)22)13-8-12(6-7-14(13)23-9)24-11-4-2-10(3-5-11)17(18,19)20/h2,4-8,10H,3H2,1H3,(H,21,22). The van der Waals surface area contributed by atoms with E-state index in [0.29, 0.717) is 16.7 Å². The number of carboxylic acids is 1. The molecule has 24 heavy (non-hydrogen) atoms. The van der Waals surface area contributed by atoms with Gasteiger partial charge in [-0.15, -0.1) is 0 Å². The number of ether oxygens (including phenoxy) is 1. The highest BCUT2D eigenvalue weighted by Gasteiger charge is 2.37. The fourth-order valence-electron chi connectivity index (χ4n) is 2.58. The molecule has 2 aromatic rings. The molecule has 3 rings (SSSR count). The predicted octanol–water partition coefficient (Wildman–Crippen LogP) is 4.84. The Labute approximate surface area is 134 Å². The van der Waals surface area contributed by atoms with E-state index in [9.17, 15) is 23.1 Å². The monoisotopic (exact) mass is 338 g/mol. The molecule has 7 heteroatoms. The van der Waals surface area contributed by atoms with Crippen molar-refractivity contribution in [3.8, 4) is 5.75 Å². The zero-order chi connectivity index (χ0) is 17.5. The van der Waals surface area contributed by atoms with Gasteiger partial charge in [-0.2, -0.15) is 13.2 Å². The van der Waals surface area contributed by atoms with Crippen molar-refractivity contribution in [2.75, 3.05) is 0 Å². The van der Waals surface area contributed by atoms with E-state index in [0.717, 1.165) is 6.08 Å². The smallest absolute Gasteiger partial charge is 0.395 e. The predicted molar refractivity (Wildman–Crippen MR) is 79.9 cm³/mol. The Bertz CT molecular complexity index is 859. The van der Waals surface area contributed by atoms with E-state index >= 15 is 0 Å². The third-order valence-electron chi connectivity index (χ3n) is 3.77. The van der Waals surface area contributed by atoms with Crippen LogP contribution in [0.5, 0.6) is 5.75 Å². The summed E-state index contributed by atoms with van der Waals surface area (Å²) in [6.07, 6.45) is -0.783. The molecule has 0 aliphatic heterocycles. The summed E-state index contributed by atoms with van der Waals surface area (Å²) < 4.78 is 48.7. The van der Waals surface area contributed by atoms with Gasteiger partial charge in [0.05, 0.1) is 5.92 Å². The van der Waals surface area contributed by atoms with Crippen LogP contribution < -0.4 is 4.74 Å². The molecule has 1 aliphatic rings. The molecule has 0 saturated heterocycles. The summed E-state index contributed by atoms with van der Waals surface area (Å²) in [4.78, 5) is 11.3. The molecule has 1 atom stereocenters. The Morgan fingerprint density at radius 2 is 2.12 bits per heavy atom. The number of furan rings is 1. The molecule has 1 aromatic carbocycles. The molecule has 0 bridgehead atoms. The van der Waals surface area contributed by atoms with Crippen LogP contribution in [0.25, 0.3) is 11.0 Å². The maximum absolute atomic E-state index is 12.6. The van der Waals surface area contributed by atoms with Crippen molar-refractivity contribution in [3.63, 3.8) is 0 Å². The van der Waals surface area contributed by atoms with Crippen molar-refractivity contribution in [3.05, 3.63) is 53.5 Å². The second kappa shape index (κ2) is 5.74. The molecule has 0 spiro atoms. The van der Waals surface area contributed by atoms with E-state index in [1.807, 2.05) is 0 Å². The van der Waals surface area contributed by atoms with E-state index in [1.165, 1.54) is 18.2 Å². The van der Waals surface area contributed by atoms with Gasteiger partial charge in [0.15, 0.2) is 0 Å². The highest BCUT2D eigenvalue weighted by molar-refractivity contribution is 6.03. The third-order valence-corrected chi connectivity index (χ3v) is 3.77. The fourth-order valence-corrected chi connectivity index (χ4v) is 2.58. The number of alkyl halides is 3. The van der Waals surface area contributed by atoms with Gasteiger partial charge in [-0.25, -0.2) is 4.79 Å². The Morgan fingerprint density at radius 1 is 1.38 bits per heavy atom. The van der Waals surface area contributed by atoms with Crippen LogP contribution in [-0.2, 0) is 0 Å². The Hall–Kier alpha value is -2.70. The first-order chi connectivity index (χ1) is 11.3. The van der Waals surface area contributed by atoms with E-state index in [2.05, 4.69) is 0 Å². The van der Waals surface area contributed by atoms with E-state index in [1.54, 1.807) is 19.1 Å². The van der Waals surface area contributed by atoms with Gasteiger partial charge >= 0.3 is 12.1 Å². The van der Waals surface area contributed by atoms with Gasteiger partial charge in [0.1, 0.15) is 28.4 Å². The quantitative estimate of drug-likeness (QED) is 0.870. The van der Waals surface area contributed by atoms with E-state index in [4.69, 9.17) is 9.15 Å². The van der Waals surface area contributed by atoms with Crippen LogP contribution >= 0.6 is 0 Å². The molecule has 126 valence electrons. The topological polar surface area (TPSA) is 59.7 Å². The van der Waals surface area contributed by atoms with Crippen molar-refractivity contribution in [2.24, 2.45) is 5.92 Å². The minimum atomic E-state index is -4.28. The van der Waals surface area contributed by atoms with Crippen molar-refractivity contribution in [1.29, 1.82) is 0 Å². The summed E-state index contributed by atoms with van der Waals surface area (Å²) in [5.74, 6) is -1.74. The number of rotatable bonds is 3. The molecule has 1 aromatic heterocycles. The lowest BCUT2D eigenvalue weighted by Crippen LogP contribution is -2.22. The lowest BCUT2D eigenvalue weighted by atomic mass is 10.00. The number of aryl methyl sites for hydroxylation is 1. The average Bonchev–Trinajstić information content (AvgIpc) is 2.82. The van der Waals surface area contributed by atoms with Crippen LogP contribution in [-0.4, -0.2) is 17.3 Å². The molecule has 1 heterocycles. The van der Waals surface area contributed by atoms with Gasteiger partial charge in [0.2, 0.25) is 0 Å². The fraction of sp³-hybridized carbons (Fsp3) is 0.235. The van der Waals surface area contributed by atoms with E-state index < -0.39 is 18.1 Å². The zero-order valence-electron chi connectivity index (χ0n) is 12.6. The molecular weight excluding hydrogens is 325 g/mol. The van der Waals surface area contributed by atoms with Crippen molar-refractivity contribution >= 4 is 16.9 Å². The maximum atomic E-state index is 12.6. The Morgan fingerprint density at radius 3 is 2.71 bits per heavy atom. The van der Waals surface area contributed by atoms with Crippen LogP contribution in [0.1, 0.15) is 22.5 Å². The zero-order valence-corrected chi connectivity index (χ0v) is 12.6. The SMILES string of the molecule is Cc1oc2ccc(OC3=CCC(C(F)(F)F)C=C3)cc2c1C(=O)O. The number of carbonyl (C=O) groups is 1. The van der Waals surface area contributed by atoms with Crippen molar-refractivity contribution in [2.45, 2.75) is 19.5 Å². The minimum Gasteiger partial charge on any atom is -0.478 e. The van der Waals surface area contributed by atoms with Crippen molar-refractivity contribution < 1.29 is 32.2 Å². The second-order valence-electron chi connectivity index (χ2n) is 5.45. The second-order valence-corrected chi connectivity index (χ2v) is 5.45. The molecule has 0 saturated carbocycles. The van der Waals surface area contributed by atoms with Crippen LogP contribution in [0.2, 0.25) is 0 Å². The Balaban J connectivity index is 1.84. The maximum Gasteiger partial charge on any atom is 0.395 e. The molecule has 4 nitrogen and oxygen atoms in total. The van der Waals surface area contributed by atoms with Crippen LogP contribution in [0, 0.1) is 12.8 Å². The summed E-state index contributed by atoms with van der Waals surface area (Å²) >= 11 is 0. The number of benzene rings is 1. The number of fused-ring (bicyclic) bond motifs is 1. The third kappa shape index (κ3) is 3.02. The van der Waals surface area contributed by atoms with Crippen LogP contribution in [0.4, 0.5) is 13.2 Å². The summed E-state index contributed by atoms with van der Waals surface area (Å²) in [6, 6.07) is 4.64. The molecule has 1 N–H and O–H groups in total. The molecule has 1 aliphatic carbocycles. The summed E-state index contributed by atoms with van der Waals surface area (Å²) in [7, 11) is 0. The molecule has 0 fully saturated rings. The van der Waals surface area contributed by atoms with Gasteiger partial charge in [0.25, 0.3) is 0 Å². The molecular formula is C17H13F3O4. The number of aromatic carboxylic acids is 1. The largest absolute Gasteiger partial charge is 0.478 e. The first-order valence-corrected chi connectivity index (χ1v) is 7.15. The van der Waals surface area contributed by atoms with Crippen LogP contribution in [0.3, 0.4) is 0 Å². The highest BCUT2D eigenvalue weighted by Crippen LogP contribution is 2.34. The first kappa shape index (κ1) is 16.2. The molecule has 0 radical (unpaired) electrons. The van der Waals surface area contributed by atoms with Gasteiger partial charge in [-0.05, 0) is 43.7 Å². The minimum absolute atomic E-state index is 0.0424. The number of carboxylic acid groups (broad SMARTS) is 1. The molecule has 0 amide bonds. The van der Waals surface area contributed by atoms with Crippen LogP contribution in [0.15, 0.2) is 46.6 Å². The highest BCUT2D eigenvalue weighted by atomic mass is 19.4. The van der Waals surface area contributed by atoms with Gasteiger partial charge in [0, 0.05) is 5.39 Å². The lowest BCUT2D eigenvalue weighted by molar-refractivity contribution is -0.160. The first-order valence-electron chi connectivity index (χ1n) is 7.15. The van der Waals surface area contributed by atoms with E-state index in [-0.39, 0.29) is 23.5 Å². The van der Waals surface area contributed by atoms with Gasteiger partial charge in [-0.3, -0.25) is 0 Å². The summed E-state index contributed by atoms with van der Waals surface area (Å²) in [5, 5.41) is 9.62. The summed E-state index contributed by atoms with van der Waals surface area (Å²) in [6.45, 7) is 1.55. The average molecular weight is 338 g/mol. The normalized spacial score (nSPS) is 17.8. The molecule has 1 unspecified atom stereocenters. The van der Waals surface area contributed by atoms with Gasteiger partial charge in [-0.1, -0.05) is 6.08 Å². The Kier molecular flexibility index (Phi) is 3.87. The van der Waals surface area contributed by atoms with Gasteiger partial charge < -0.3 is 14.3 Å². The van der Waals surface area contributed by atoms with Crippen molar-refractivity contribution in [1.82, 2.24) is 0 Å². The number of hydrogen-bond acceptors (Lipinski definition) is 3. The lowest BCUT2D eigenvalue weighted by Gasteiger charge is -2.19. The number of hydrogen-bond donors (Lipinski definition) is 1.